The average molecular weight is 478 g/mol. The summed E-state index contributed by atoms with van der Waals surface area (Å²) in [5.41, 5.74) is 3.36. The van der Waals surface area contributed by atoms with Crippen LogP contribution in [-0.4, -0.2) is 64.3 Å². The van der Waals surface area contributed by atoms with E-state index in [9.17, 15) is 18.0 Å². The van der Waals surface area contributed by atoms with Crippen molar-refractivity contribution in [2.24, 2.45) is 0 Å². The average Bonchev–Trinajstić information content (AvgIpc) is 2.74. The molecular formula is C23H31N3O4S2. The van der Waals surface area contributed by atoms with Gasteiger partial charge in [-0.25, -0.2) is 8.42 Å². The number of carbonyl (C=O) groups excluding carboxylic acids is 2. The lowest BCUT2D eigenvalue weighted by atomic mass is 10.1. The fourth-order valence-electron chi connectivity index (χ4n) is 2.97. The van der Waals surface area contributed by atoms with Crippen molar-refractivity contribution in [1.29, 1.82) is 0 Å². The number of anilines is 1. The number of amides is 2. The second-order valence-electron chi connectivity index (χ2n) is 7.70. The van der Waals surface area contributed by atoms with Crippen LogP contribution in [0.1, 0.15) is 27.9 Å². The quantitative estimate of drug-likeness (QED) is 0.503. The molecule has 0 aliphatic carbocycles. The van der Waals surface area contributed by atoms with Crippen molar-refractivity contribution in [1.82, 2.24) is 10.2 Å². The van der Waals surface area contributed by atoms with Crippen molar-refractivity contribution in [3.8, 4) is 0 Å². The number of rotatable bonds is 11. The maximum Gasteiger partial charge on any atom is 0.253 e. The lowest BCUT2D eigenvalue weighted by molar-refractivity contribution is -0.119. The molecule has 0 unspecified atom stereocenters. The van der Waals surface area contributed by atoms with Crippen molar-refractivity contribution < 1.29 is 18.0 Å². The lowest BCUT2D eigenvalue weighted by Crippen LogP contribution is -2.40. The first-order valence-electron chi connectivity index (χ1n) is 10.3. The van der Waals surface area contributed by atoms with Crippen molar-refractivity contribution in [3.05, 3.63) is 65.2 Å². The van der Waals surface area contributed by atoms with Crippen molar-refractivity contribution in [3.63, 3.8) is 0 Å². The first-order valence-corrected chi connectivity index (χ1v) is 13.3. The molecule has 0 saturated heterocycles. The van der Waals surface area contributed by atoms with Crippen molar-refractivity contribution in [2.45, 2.75) is 19.1 Å². The van der Waals surface area contributed by atoms with Crippen LogP contribution in [0.4, 0.5) is 5.69 Å². The summed E-state index contributed by atoms with van der Waals surface area (Å²) in [5, 5.41) is 2.79. The Hall–Kier alpha value is -2.52. The van der Waals surface area contributed by atoms with E-state index in [1.807, 2.05) is 12.1 Å². The van der Waals surface area contributed by atoms with E-state index >= 15 is 0 Å². The molecule has 7 nitrogen and oxygen atoms in total. The monoisotopic (exact) mass is 477 g/mol. The van der Waals surface area contributed by atoms with Gasteiger partial charge in [-0.1, -0.05) is 24.3 Å². The molecular weight excluding hydrogens is 446 g/mol. The Labute approximate surface area is 195 Å². The van der Waals surface area contributed by atoms with E-state index in [0.29, 0.717) is 17.8 Å². The van der Waals surface area contributed by atoms with Crippen LogP contribution in [0.15, 0.2) is 48.5 Å². The summed E-state index contributed by atoms with van der Waals surface area (Å²) in [6.45, 7) is 2.26. The number of hydrogen-bond donors (Lipinski definition) is 1. The van der Waals surface area contributed by atoms with Gasteiger partial charge in [0, 0.05) is 32.0 Å². The highest BCUT2D eigenvalue weighted by molar-refractivity contribution is 7.98. The summed E-state index contributed by atoms with van der Waals surface area (Å²) >= 11 is 1.80. The van der Waals surface area contributed by atoms with Gasteiger partial charge in [0.05, 0.1) is 11.9 Å². The highest BCUT2D eigenvalue weighted by atomic mass is 32.2. The Bertz CT molecular complexity index is 1020. The number of sulfonamides is 1. The first kappa shape index (κ1) is 25.7. The van der Waals surface area contributed by atoms with Gasteiger partial charge in [-0.3, -0.25) is 13.9 Å². The molecule has 32 heavy (non-hydrogen) atoms. The molecule has 9 heteroatoms. The van der Waals surface area contributed by atoms with E-state index in [4.69, 9.17) is 0 Å². The van der Waals surface area contributed by atoms with Gasteiger partial charge in [-0.05, 0) is 54.5 Å². The van der Waals surface area contributed by atoms with E-state index in [2.05, 4.69) is 24.4 Å². The van der Waals surface area contributed by atoms with Crippen LogP contribution in [0.5, 0.6) is 0 Å². The van der Waals surface area contributed by atoms with Crippen molar-refractivity contribution >= 4 is 39.3 Å². The van der Waals surface area contributed by atoms with Crippen LogP contribution in [0.25, 0.3) is 0 Å². The molecule has 2 aromatic rings. The zero-order chi connectivity index (χ0) is 23.7. The smallest absolute Gasteiger partial charge is 0.253 e. The SMILES string of the molecule is Cc1ccccc1CSCCCNC(=O)CN(c1ccc(C(=O)N(C)C)cc1)S(C)(=O)=O. The van der Waals surface area contributed by atoms with Crippen LogP contribution >= 0.6 is 11.8 Å². The Balaban J connectivity index is 1.84. The third kappa shape index (κ3) is 7.87. The standard InChI is InChI=1S/C23H31N3O4S2/c1-18-8-5-6-9-20(18)17-31-15-7-14-24-22(27)16-26(32(4,29)30)21-12-10-19(11-13-21)23(28)25(2)3/h5-6,8-13H,7,14-17H2,1-4H3,(H,24,27). The number of nitrogens with one attached hydrogen (secondary N) is 1. The van der Waals surface area contributed by atoms with Crippen LogP contribution in [0.2, 0.25) is 0 Å². The second kappa shape index (κ2) is 11.9. The van der Waals surface area contributed by atoms with Crippen LogP contribution in [0, 0.1) is 6.92 Å². The highest BCUT2D eigenvalue weighted by Gasteiger charge is 2.21. The molecule has 0 bridgehead atoms. The molecule has 0 radical (unpaired) electrons. The number of benzene rings is 2. The number of carbonyl (C=O) groups is 2. The molecule has 0 aliphatic heterocycles. The van der Waals surface area contributed by atoms with Gasteiger partial charge in [0.1, 0.15) is 6.54 Å². The van der Waals surface area contributed by atoms with Crippen molar-refractivity contribution in [2.75, 3.05) is 43.5 Å². The van der Waals surface area contributed by atoms with E-state index in [-0.39, 0.29) is 18.4 Å². The van der Waals surface area contributed by atoms with Gasteiger partial charge in [0.15, 0.2) is 0 Å². The highest BCUT2D eigenvalue weighted by Crippen LogP contribution is 2.19. The molecule has 0 fully saturated rings. The molecule has 174 valence electrons. The summed E-state index contributed by atoms with van der Waals surface area (Å²) in [4.78, 5) is 25.8. The van der Waals surface area contributed by atoms with Crippen LogP contribution < -0.4 is 9.62 Å². The summed E-state index contributed by atoms with van der Waals surface area (Å²) in [7, 11) is -0.376. The third-order valence-corrected chi connectivity index (χ3v) is 7.04. The zero-order valence-corrected chi connectivity index (χ0v) is 20.6. The van der Waals surface area contributed by atoms with Gasteiger partial charge in [0.2, 0.25) is 15.9 Å². The Morgan fingerprint density at radius 3 is 2.28 bits per heavy atom. The van der Waals surface area contributed by atoms with Crippen LogP contribution in [0.3, 0.4) is 0 Å². The minimum absolute atomic E-state index is 0.180. The topological polar surface area (TPSA) is 86.8 Å². The maximum atomic E-state index is 12.4. The predicted molar refractivity (Wildman–Crippen MR) is 132 cm³/mol. The predicted octanol–water partition coefficient (Wildman–Crippen LogP) is 2.90. The number of nitrogens with zero attached hydrogens (tertiary/aromatic N) is 2. The fraction of sp³-hybridized carbons (Fsp3) is 0.391. The molecule has 0 spiro atoms. The second-order valence-corrected chi connectivity index (χ2v) is 10.7. The molecule has 0 atom stereocenters. The minimum atomic E-state index is -3.66. The molecule has 2 aromatic carbocycles. The van der Waals surface area contributed by atoms with Crippen LogP contribution in [-0.2, 0) is 20.6 Å². The van der Waals surface area contributed by atoms with E-state index < -0.39 is 10.0 Å². The normalized spacial score (nSPS) is 11.1. The molecule has 2 rings (SSSR count). The molecule has 0 aromatic heterocycles. The number of hydrogen-bond acceptors (Lipinski definition) is 5. The number of thioether (sulfide) groups is 1. The third-order valence-electron chi connectivity index (χ3n) is 4.80. The van der Waals surface area contributed by atoms with E-state index in [1.165, 1.54) is 28.2 Å². The Kier molecular flexibility index (Phi) is 9.59. The fourth-order valence-corrected chi connectivity index (χ4v) is 4.86. The Morgan fingerprint density at radius 2 is 1.69 bits per heavy atom. The number of aryl methyl sites for hydroxylation is 1. The molecule has 0 saturated carbocycles. The summed E-state index contributed by atoms with van der Waals surface area (Å²) in [5.74, 6) is 1.27. The summed E-state index contributed by atoms with van der Waals surface area (Å²) in [6, 6.07) is 14.4. The minimum Gasteiger partial charge on any atom is -0.354 e. The summed E-state index contributed by atoms with van der Waals surface area (Å²) in [6.07, 6.45) is 1.85. The summed E-state index contributed by atoms with van der Waals surface area (Å²) < 4.78 is 25.5. The first-order chi connectivity index (χ1) is 15.1. The lowest BCUT2D eigenvalue weighted by Gasteiger charge is -2.22. The van der Waals surface area contributed by atoms with E-state index in [1.54, 1.807) is 38.0 Å². The maximum absolute atomic E-state index is 12.4. The zero-order valence-electron chi connectivity index (χ0n) is 19.0. The largest absolute Gasteiger partial charge is 0.354 e. The molecule has 1 N–H and O–H groups in total. The molecule has 2 amide bonds. The molecule has 0 aliphatic rings. The Morgan fingerprint density at radius 1 is 1.03 bits per heavy atom. The molecule has 0 heterocycles. The van der Waals surface area contributed by atoms with E-state index in [0.717, 1.165) is 28.5 Å². The van der Waals surface area contributed by atoms with Gasteiger partial charge in [-0.15, -0.1) is 0 Å². The van der Waals surface area contributed by atoms with Gasteiger partial charge in [-0.2, -0.15) is 11.8 Å². The van der Waals surface area contributed by atoms with Gasteiger partial charge in [0.25, 0.3) is 5.91 Å². The van der Waals surface area contributed by atoms with Gasteiger partial charge >= 0.3 is 0 Å². The van der Waals surface area contributed by atoms with Gasteiger partial charge < -0.3 is 10.2 Å².